The quantitative estimate of drug-likeness (QED) is 0.312. The van der Waals surface area contributed by atoms with Crippen molar-refractivity contribution in [1.29, 1.82) is 5.26 Å². The number of anilines is 1. The maximum atomic E-state index is 14.3. The molecule has 7 rings (SSSR count). The average Bonchev–Trinajstić information content (AvgIpc) is 3.65. The molecule has 2 unspecified atom stereocenters. The molecule has 0 radical (unpaired) electrons. The summed E-state index contributed by atoms with van der Waals surface area (Å²) in [5.41, 5.74) is 2.55. The van der Waals surface area contributed by atoms with E-state index in [4.69, 9.17) is 24.7 Å². The van der Waals surface area contributed by atoms with Gasteiger partial charge in [0.25, 0.3) is 0 Å². The van der Waals surface area contributed by atoms with Crippen LogP contribution in [0.15, 0.2) is 54.6 Å². The summed E-state index contributed by atoms with van der Waals surface area (Å²) in [6.07, 6.45) is 1.13. The Morgan fingerprint density at radius 2 is 1.91 bits per heavy atom. The molecule has 4 aromatic rings. The number of carbonyl (C=O) groups is 1. The lowest BCUT2D eigenvalue weighted by Crippen LogP contribution is -2.33. The second kappa shape index (κ2) is 11.3. The fourth-order valence-corrected chi connectivity index (χ4v) is 6.41. The van der Waals surface area contributed by atoms with E-state index >= 15 is 0 Å². The molecule has 3 aliphatic heterocycles. The molecule has 0 spiro atoms. The Kier molecular flexibility index (Phi) is 7.16. The van der Waals surface area contributed by atoms with Gasteiger partial charge in [0.15, 0.2) is 0 Å². The van der Waals surface area contributed by atoms with Crippen LogP contribution in [0.3, 0.4) is 0 Å². The number of imidazole rings is 1. The molecule has 3 atom stereocenters. The number of ether oxygens (including phenoxy) is 2. The molecule has 0 bridgehead atoms. The van der Waals surface area contributed by atoms with E-state index < -0.39 is 11.8 Å². The number of nitriles is 1. The van der Waals surface area contributed by atoms with Gasteiger partial charge < -0.3 is 24.0 Å². The van der Waals surface area contributed by atoms with Gasteiger partial charge in [-0.25, -0.2) is 14.2 Å². The summed E-state index contributed by atoms with van der Waals surface area (Å²) in [6.45, 7) is 5.82. The molecule has 43 heavy (non-hydrogen) atoms. The normalized spacial score (nSPS) is 21.5. The van der Waals surface area contributed by atoms with Crippen molar-refractivity contribution in [1.82, 2.24) is 19.4 Å². The molecular formula is C32H31FN6O4. The van der Waals surface area contributed by atoms with Crippen LogP contribution in [-0.2, 0) is 24.4 Å². The first-order chi connectivity index (χ1) is 20.9. The smallest absolute Gasteiger partial charge is 0.335 e. The van der Waals surface area contributed by atoms with Gasteiger partial charge in [-0.15, -0.1) is 0 Å². The van der Waals surface area contributed by atoms with Gasteiger partial charge in [-0.3, -0.25) is 4.90 Å². The van der Waals surface area contributed by atoms with E-state index in [0.717, 1.165) is 61.9 Å². The summed E-state index contributed by atoms with van der Waals surface area (Å²) in [6, 6.07) is 17.1. The summed E-state index contributed by atoms with van der Waals surface area (Å²) < 4.78 is 27.9. The van der Waals surface area contributed by atoms with Crippen molar-refractivity contribution in [3.8, 4) is 11.9 Å². The number of hydrogen-bond acceptors (Lipinski definition) is 8. The molecule has 5 heterocycles. The van der Waals surface area contributed by atoms with Crippen LogP contribution >= 0.6 is 0 Å². The molecule has 2 aromatic carbocycles. The molecule has 220 valence electrons. The number of nitrogens with zero attached hydrogens (tertiary/aromatic N) is 6. The minimum atomic E-state index is -0.945. The Balaban J connectivity index is 0.999. The Morgan fingerprint density at radius 3 is 2.60 bits per heavy atom. The largest absolute Gasteiger partial charge is 0.478 e. The standard InChI is InChI=1S/C32H31FN6O4/c33-26-10-20(12-34)4-5-22(26)19-43-31-3-1-2-29(36-31)38-15-23-13-37(14-24(23)16-38)18-30-35-27-7-6-21(32(40)41)11-28(27)39(30)17-25-8-9-42-25/h1-7,10-11,23-25H,8-9,13-19H2,(H,40,41)/t23?,24?,25-/m0/s1. The molecule has 10 nitrogen and oxygen atoms in total. The zero-order valence-corrected chi connectivity index (χ0v) is 23.5. The number of carboxylic acids is 1. The van der Waals surface area contributed by atoms with Crippen molar-refractivity contribution in [2.75, 3.05) is 37.7 Å². The zero-order chi connectivity index (χ0) is 29.5. The predicted octanol–water partition coefficient (Wildman–Crippen LogP) is 4.08. The monoisotopic (exact) mass is 582 g/mol. The van der Waals surface area contributed by atoms with E-state index in [-0.39, 0.29) is 23.8 Å². The predicted molar refractivity (Wildman–Crippen MR) is 155 cm³/mol. The second-order valence-electron chi connectivity index (χ2n) is 11.6. The summed E-state index contributed by atoms with van der Waals surface area (Å²) in [7, 11) is 0. The highest BCUT2D eigenvalue weighted by Gasteiger charge is 2.41. The van der Waals surface area contributed by atoms with Crippen LogP contribution < -0.4 is 9.64 Å². The third kappa shape index (κ3) is 5.51. The van der Waals surface area contributed by atoms with Crippen LogP contribution in [0.4, 0.5) is 10.2 Å². The molecule has 11 heteroatoms. The van der Waals surface area contributed by atoms with Crippen LogP contribution in [0.25, 0.3) is 11.0 Å². The third-order valence-electron chi connectivity index (χ3n) is 8.77. The van der Waals surface area contributed by atoms with E-state index in [9.17, 15) is 14.3 Å². The van der Waals surface area contributed by atoms with Crippen molar-refractivity contribution in [3.05, 3.63) is 82.9 Å². The van der Waals surface area contributed by atoms with E-state index in [1.165, 1.54) is 6.07 Å². The first kappa shape index (κ1) is 27.3. The Bertz CT molecular complexity index is 1720. The van der Waals surface area contributed by atoms with E-state index in [2.05, 4.69) is 14.4 Å². The van der Waals surface area contributed by atoms with Crippen LogP contribution in [0, 0.1) is 29.0 Å². The van der Waals surface area contributed by atoms with Crippen molar-refractivity contribution in [3.63, 3.8) is 0 Å². The van der Waals surface area contributed by atoms with Gasteiger partial charge in [-0.05, 0) is 54.7 Å². The second-order valence-corrected chi connectivity index (χ2v) is 11.6. The molecule has 0 aliphatic carbocycles. The molecular weight excluding hydrogens is 551 g/mol. The van der Waals surface area contributed by atoms with E-state index in [1.54, 1.807) is 36.4 Å². The van der Waals surface area contributed by atoms with Crippen LogP contribution in [-0.4, -0.2) is 69.4 Å². The third-order valence-corrected chi connectivity index (χ3v) is 8.77. The topological polar surface area (TPSA) is 117 Å². The zero-order valence-electron chi connectivity index (χ0n) is 23.5. The van der Waals surface area contributed by atoms with Crippen LogP contribution in [0.1, 0.15) is 33.7 Å². The highest BCUT2D eigenvalue weighted by molar-refractivity contribution is 5.92. The van der Waals surface area contributed by atoms with Gasteiger partial charge in [-0.2, -0.15) is 10.2 Å². The van der Waals surface area contributed by atoms with Gasteiger partial charge >= 0.3 is 5.97 Å². The molecule has 3 fully saturated rings. The number of likely N-dealkylation sites (tertiary alicyclic amines) is 1. The lowest BCUT2D eigenvalue weighted by atomic mass is 10.0. The first-order valence-corrected chi connectivity index (χ1v) is 14.5. The lowest BCUT2D eigenvalue weighted by molar-refractivity contribution is -0.0591. The maximum absolute atomic E-state index is 14.3. The molecule has 2 aromatic heterocycles. The SMILES string of the molecule is N#Cc1ccc(COc2cccc(N3CC4CN(Cc5nc6ccc(C(=O)O)cc6n5C[C@@H]5CCO5)CC4C3)n2)c(F)c1. The summed E-state index contributed by atoms with van der Waals surface area (Å²) in [5, 5.41) is 18.5. The number of pyridine rings is 1. The molecule has 0 saturated carbocycles. The molecule has 1 N–H and O–H groups in total. The van der Waals surface area contributed by atoms with Gasteiger partial charge in [0, 0.05) is 44.4 Å². The van der Waals surface area contributed by atoms with E-state index in [1.807, 2.05) is 18.2 Å². The number of halogens is 1. The number of hydrogen-bond donors (Lipinski definition) is 1. The van der Waals surface area contributed by atoms with Gasteiger partial charge in [-0.1, -0.05) is 12.1 Å². The van der Waals surface area contributed by atoms with Crippen molar-refractivity contribution >= 4 is 22.8 Å². The van der Waals surface area contributed by atoms with Gasteiger partial charge in [0.2, 0.25) is 5.88 Å². The minimum absolute atomic E-state index is 0.0312. The fourth-order valence-electron chi connectivity index (χ4n) is 6.41. The number of fused-ring (bicyclic) bond motifs is 2. The van der Waals surface area contributed by atoms with Crippen molar-refractivity contribution in [2.45, 2.75) is 32.2 Å². The van der Waals surface area contributed by atoms with E-state index in [0.29, 0.717) is 36.4 Å². The number of rotatable bonds is 9. The Hall–Kier alpha value is -4.53. The lowest BCUT2D eigenvalue weighted by Gasteiger charge is -2.28. The summed E-state index contributed by atoms with van der Waals surface area (Å²) in [4.78, 5) is 26.0. The van der Waals surface area contributed by atoms with Crippen LogP contribution in [0.5, 0.6) is 5.88 Å². The highest BCUT2D eigenvalue weighted by atomic mass is 19.1. The number of benzene rings is 2. The maximum Gasteiger partial charge on any atom is 0.335 e. The number of aromatic nitrogens is 3. The Morgan fingerprint density at radius 1 is 1.09 bits per heavy atom. The summed E-state index contributed by atoms with van der Waals surface area (Å²) >= 11 is 0. The molecule has 3 saturated heterocycles. The fraction of sp³-hybridized carbons (Fsp3) is 0.375. The van der Waals surface area contributed by atoms with Crippen molar-refractivity contribution < 1.29 is 23.8 Å². The van der Waals surface area contributed by atoms with Crippen molar-refractivity contribution in [2.24, 2.45) is 11.8 Å². The first-order valence-electron chi connectivity index (χ1n) is 14.5. The average molecular weight is 583 g/mol. The van der Waals surface area contributed by atoms with Crippen LogP contribution in [0.2, 0.25) is 0 Å². The molecule has 0 amide bonds. The molecule has 3 aliphatic rings. The number of aromatic carboxylic acids is 1. The highest BCUT2D eigenvalue weighted by Crippen LogP contribution is 2.35. The minimum Gasteiger partial charge on any atom is -0.478 e. The van der Waals surface area contributed by atoms with Gasteiger partial charge in [0.1, 0.15) is 24.1 Å². The number of carboxylic acid groups (broad SMARTS) is 1. The Labute approximate surface area is 247 Å². The van der Waals surface area contributed by atoms with Gasteiger partial charge in [0.05, 0.1) is 47.4 Å². The summed E-state index contributed by atoms with van der Waals surface area (Å²) in [5.74, 6) is 1.78.